The molecule has 1 amide bonds. The number of nitrogens with zero attached hydrogens (tertiary/aromatic N) is 2. The summed E-state index contributed by atoms with van der Waals surface area (Å²) in [5, 5.41) is 9.96. The number of carbonyl (C=O) groups is 1. The molecule has 0 aliphatic carbocycles. The molecule has 0 aliphatic rings. The van der Waals surface area contributed by atoms with Crippen LogP contribution in [0, 0.1) is 0 Å². The Hall–Kier alpha value is -1.06. The molecule has 0 aromatic heterocycles. The first-order valence-electron chi connectivity index (χ1n) is 9.26. The largest absolute Gasteiger partial charge is 0.355 e. The highest BCUT2D eigenvalue weighted by Gasteiger charge is 2.20. The molecule has 0 saturated heterocycles. The average molecular weight is 510 g/mol. The van der Waals surface area contributed by atoms with Crippen LogP contribution >= 0.6 is 35.6 Å². The number of guanidine groups is 1. The first kappa shape index (κ1) is 25.9. The molecule has 1 unspecified atom stereocenters. The van der Waals surface area contributed by atoms with E-state index in [1.807, 2.05) is 25.1 Å². The summed E-state index contributed by atoms with van der Waals surface area (Å²) in [6.45, 7) is 9.65. The molecular weight excluding hydrogens is 477 g/mol. The number of benzene rings is 1. The van der Waals surface area contributed by atoms with Gasteiger partial charge < -0.3 is 16.0 Å². The van der Waals surface area contributed by atoms with Crippen LogP contribution in [0.25, 0.3) is 0 Å². The Kier molecular flexibility index (Phi) is 14.3. The number of rotatable bonds is 10. The second kappa shape index (κ2) is 14.9. The van der Waals surface area contributed by atoms with Crippen LogP contribution in [0.4, 0.5) is 0 Å². The predicted molar refractivity (Wildman–Crippen MR) is 125 cm³/mol. The Bertz CT molecular complexity index is 581. The van der Waals surface area contributed by atoms with Gasteiger partial charge >= 0.3 is 0 Å². The van der Waals surface area contributed by atoms with Crippen LogP contribution in [-0.2, 0) is 4.79 Å². The van der Waals surface area contributed by atoms with E-state index in [0.717, 1.165) is 30.1 Å². The Morgan fingerprint density at radius 2 is 1.81 bits per heavy atom. The van der Waals surface area contributed by atoms with Crippen molar-refractivity contribution in [2.45, 2.75) is 33.2 Å². The van der Waals surface area contributed by atoms with Crippen LogP contribution in [-0.4, -0.2) is 56.5 Å². The highest BCUT2D eigenvalue weighted by Crippen LogP contribution is 2.26. The summed E-state index contributed by atoms with van der Waals surface area (Å²) in [6, 6.07) is 8.03. The fourth-order valence-electron chi connectivity index (χ4n) is 2.75. The lowest BCUT2D eigenvalue weighted by Gasteiger charge is -2.31. The summed E-state index contributed by atoms with van der Waals surface area (Å²) in [7, 11) is 1.70. The van der Waals surface area contributed by atoms with E-state index in [1.165, 1.54) is 0 Å². The van der Waals surface area contributed by atoms with E-state index in [-0.39, 0.29) is 42.5 Å². The van der Waals surface area contributed by atoms with E-state index in [0.29, 0.717) is 19.0 Å². The van der Waals surface area contributed by atoms with Gasteiger partial charge in [-0.3, -0.25) is 14.7 Å². The Morgan fingerprint density at radius 1 is 1.15 bits per heavy atom. The van der Waals surface area contributed by atoms with Gasteiger partial charge in [0.2, 0.25) is 5.91 Å². The SMILES string of the molecule is CCCNC(=O)CNC(=NC)NCC(c1ccccc1Cl)N(CC)CC.I. The van der Waals surface area contributed by atoms with Crippen molar-refractivity contribution < 1.29 is 4.79 Å². The van der Waals surface area contributed by atoms with Crippen molar-refractivity contribution in [1.29, 1.82) is 0 Å². The second-order valence-electron chi connectivity index (χ2n) is 5.92. The lowest BCUT2D eigenvalue weighted by Crippen LogP contribution is -2.46. The molecular formula is C19H33ClIN5O. The molecule has 8 heteroatoms. The average Bonchev–Trinajstić information content (AvgIpc) is 2.66. The van der Waals surface area contributed by atoms with Crippen LogP contribution in [0.15, 0.2) is 29.3 Å². The standard InChI is InChI=1S/C19H32ClN5O.HI/c1-5-12-22-18(26)14-24-19(21-4)23-13-17(25(6-2)7-3)15-10-8-9-11-16(15)20;/h8-11,17H,5-7,12-14H2,1-4H3,(H,22,26)(H2,21,23,24);1H. The molecule has 0 aliphatic heterocycles. The summed E-state index contributed by atoms with van der Waals surface area (Å²) in [5.41, 5.74) is 1.08. The van der Waals surface area contributed by atoms with Gasteiger partial charge in [-0.25, -0.2) is 0 Å². The third-order valence-corrected chi connectivity index (χ3v) is 4.54. The second-order valence-corrected chi connectivity index (χ2v) is 6.32. The van der Waals surface area contributed by atoms with Crippen LogP contribution in [0.5, 0.6) is 0 Å². The molecule has 0 heterocycles. The minimum Gasteiger partial charge on any atom is -0.355 e. The number of carbonyl (C=O) groups excluding carboxylic acids is 1. The number of amides is 1. The first-order chi connectivity index (χ1) is 12.6. The summed E-state index contributed by atoms with van der Waals surface area (Å²) in [5.74, 6) is 0.557. The van der Waals surface area contributed by atoms with Gasteiger partial charge in [0.25, 0.3) is 0 Å². The lowest BCUT2D eigenvalue weighted by molar-refractivity contribution is -0.120. The zero-order valence-corrected chi connectivity index (χ0v) is 19.8. The van der Waals surface area contributed by atoms with Gasteiger partial charge in [0.15, 0.2) is 5.96 Å². The zero-order chi connectivity index (χ0) is 19.4. The van der Waals surface area contributed by atoms with E-state index in [1.54, 1.807) is 7.05 Å². The van der Waals surface area contributed by atoms with Crippen LogP contribution < -0.4 is 16.0 Å². The molecule has 27 heavy (non-hydrogen) atoms. The maximum Gasteiger partial charge on any atom is 0.239 e. The van der Waals surface area contributed by atoms with Crippen molar-refractivity contribution in [3.05, 3.63) is 34.9 Å². The fourth-order valence-corrected chi connectivity index (χ4v) is 3.01. The number of hydrogen-bond acceptors (Lipinski definition) is 3. The molecule has 1 rings (SSSR count). The Balaban J connectivity index is 0.00000676. The molecule has 0 spiro atoms. The minimum atomic E-state index is -0.0406. The topological polar surface area (TPSA) is 68.8 Å². The molecule has 154 valence electrons. The van der Waals surface area contributed by atoms with Crippen molar-refractivity contribution in [3.8, 4) is 0 Å². The van der Waals surface area contributed by atoms with E-state index >= 15 is 0 Å². The van der Waals surface area contributed by atoms with E-state index in [2.05, 4.69) is 45.8 Å². The monoisotopic (exact) mass is 509 g/mol. The van der Waals surface area contributed by atoms with Crippen LogP contribution in [0.1, 0.15) is 38.8 Å². The summed E-state index contributed by atoms with van der Waals surface area (Å²) < 4.78 is 0. The molecule has 3 N–H and O–H groups in total. The number of hydrogen-bond donors (Lipinski definition) is 3. The number of aliphatic imine (C=N–C) groups is 1. The first-order valence-corrected chi connectivity index (χ1v) is 9.64. The van der Waals surface area contributed by atoms with Crippen molar-refractivity contribution in [2.24, 2.45) is 4.99 Å². The molecule has 1 atom stereocenters. The summed E-state index contributed by atoms with van der Waals surface area (Å²) in [6.07, 6.45) is 0.919. The number of halogens is 2. The third kappa shape index (κ3) is 9.12. The quantitative estimate of drug-likeness (QED) is 0.258. The molecule has 0 bridgehead atoms. The third-order valence-electron chi connectivity index (χ3n) is 4.19. The van der Waals surface area contributed by atoms with Crippen molar-refractivity contribution in [3.63, 3.8) is 0 Å². The van der Waals surface area contributed by atoms with E-state index in [9.17, 15) is 4.79 Å². The lowest BCUT2D eigenvalue weighted by atomic mass is 10.0. The van der Waals surface area contributed by atoms with Crippen LogP contribution in [0.3, 0.4) is 0 Å². The van der Waals surface area contributed by atoms with Gasteiger partial charge in [0.05, 0.1) is 12.6 Å². The van der Waals surface area contributed by atoms with Crippen LogP contribution in [0.2, 0.25) is 5.02 Å². The number of nitrogens with one attached hydrogen (secondary N) is 3. The maximum atomic E-state index is 11.7. The van der Waals surface area contributed by atoms with E-state index in [4.69, 9.17) is 11.6 Å². The smallest absolute Gasteiger partial charge is 0.239 e. The van der Waals surface area contributed by atoms with Gasteiger partial charge in [-0.2, -0.15) is 0 Å². The normalized spacial score (nSPS) is 12.3. The molecule has 0 saturated carbocycles. The predicted octanol–water partition coefficient (Wildman–Crippen LogP) is 3.03. The van der Waals surface area contributed by atoms with Gasteiger partial charge in [-0.15, -0.1) is 24.0 Å². The highest BCUT2D eigenvalue weighted by atomic mass is 127. The molecule has 0 fully saturated rings. The molecule has 6 nitrogen and oxygen atoms in total. The van der Waals surface area contributed by atoms with Crippen molar-refractivity contribution in [2.75, 3.05) is 39.8 Å². The van der Waals surface area contributed by atoms with Crippen molar-refractivity contribution in [1.82, 2.24) is 20.9 Å². The van der Waals surface area contributed by atoms with Gasteiger partial charge in [0.1, 0.15) is 0 Å². The number of likely N-dealkylation sites (N-methyl/N-ethyl adjacent to an activating group) is 1. The fraction of sp³-hybridized carbons (Fsp3) is 0.579. The highest BCUT2D eigenvalue weighted by molar-refractivity contribution is 14.0. The molecule has 0 radical (unpaired) electrons. The maximum absolute atomic E-state index is 11.7. The van der Waals surface area contributed by atoms with Gasteiger partial charge in [0, 0.05) is 25.2 Å². The Morgan fingerprint density at radius 3 is 2.37 bits per heavy atom. The Labute approximate surface area is 185 Å². The molecule has 1 aromatic rings. The van der Waals surface area contributed by atoms with Gasteiger partial charge in [-0.1, -0.05) is 50.6 Å². The summed E-state index contributed by atoms with van der Waals surface area (Å²) in [4.78, 5) is 18.3. The molecule has 1 aromatic carbocycles. The van der Waals surface area contributed by atoms with Gasteiger partial charge in [-0.05, 0) is 31.1 Å². The minimum absolute atomic E-state index is 0. The summed E-state index contributed by atoms with van der Waals surface area (Å²) >= 11 is 6.42. The van der Waals surface area contributed by atoms with Crippen molar-refractivity contribution >= 4 is 47.4 Å². The van der Waals surface area contributed by atoms with E-state index < -0.39 is 0 Å². The zero-order valence-electron chi connectivity index (χ0n) is 16.7.